The topological polar surface area (TPSA) is 29.1 Å². The molecule has 0 spiro atoms. The molecule has 1 N–H and O–H groups in total. The lowest BCUT2D eigenvalue weighted by Crippen LogP contribution is -2.34. The summed E-state index contributed by atoms with van der Waals surface area (Å²) in [5.74, 6) is 0.0154. The second-order valence-corrected chi connectivity index (χ2v) is 5.05. The average molecular weight is 270 g/mol. The van der Waals surface area contributed by atoms with E-state index in [0.717, 1.165) is 18.4 Å². The molecule has 4 heteroatoms. The van der Waals surface area contributed by atoms with Gasteiger partial charge in [-0.15, -0.1) is 6.58 Å². The predicted octanol–water partition coefficient (Wildman–Crippen LogP) is 3.33. The van der Waals surface area contributed by atoms with E-state index in [9.17, 15) is 4.79 Å². The van der Waals surface area contributed by atoms with E-state index >= 15 is 0 Å². The van der Waals surface area contributed by atoms with Crippen molar-refractivity contribution in [1.82, 2.24) is 5.32 Å². The minimum Gasteiger partial charge on any atom is -0.352 e. The monoisotopic (exact) mass is 269 g/mol. The van der Waals surface area contributed by atoms with Crippen molar-refractivity contribution in [2.45, 2.75) is 18.3 Å². The number of amides is 1. The number of carbonyl (C=O) groups is 1. The highest BCUT2D eigenvalue weighted by Crippen LogP contribution is 2.50. The molecule has 1 aliphatic rings. The second kappa shape index (κ2) is 4.71. The molecule has 1 saturated carbocycles. The zero-order valence-electron chi connectivity index (χ0n) is 9.30. The summed E-state index contributed by atoms with van der Waals surface area (Å²) < 4.78 is 0. The van der Waals surface area contributed by atoms with Crippen LogP contribution >= 0.6 is 23.2 Å². The first-order valence-electron chi connectivity index (χ1n) is 5.45. The number of carbonyl (C=O) groups excluding carboxylic acids is 1. The Morgan fingerprint density at radius 1 is 1.47 bits per heavy atom. The van der Waals surface area contributed by atoms with Gasteiger partial charge < -0.3 is 5.32 Å². The maximum Gasteiger partial charge on any atom is 0.230 e. The minimum absolute atomic E-state index is 0.0154. The lowest BCUT2D eigenvalue weighted by molar-refractivity contribution is -0.123. The van der Waals surface area contributed by atoms with E-state index in [1.807, 2.05) is 6.07 Å². The highest BCUT2D eigenvalue weighted by molar-refractivity contribution is 6.35. The van der Waals surface area contributed by atoms with E-state index in [4.69, 9.17) is 23.2 Å². The molecule has 0 aliphatic heterocycles. The average Bonchev–Trinajstić information content (AvgIpc) is 3.07. The fourth-order valence-electron chi connectivity index (χ4n) is 1.96. The Labute approximate surface area is 111 Å². The van der Waals surface area contributed by atoms with Crippen molar-refractivity contribution >= 4 is 29.1 Å². The Morgan fingerprint density at radius 2 is 2.18 bits per heavy atom. The van der Waals surface area contributed by atoms with Crippen LogP contribution in [0.4, 0.5) is 0 Å². The molecule has 17 heavy (non-hydrogen) atoms. The van der Waals surface area contributed by atoms with Crippen LogP contribution in [-0.2, 0) is 10.2 Å². The Morgan fingerprint density at radius 3 is 2.71 bits per heavy atom. The largest absolute Gasteiger partial charge is 0.352 e. The van der Waals surface area contributed by atoms with Gasteiger partial charge in [0.25, 0.3) is 0 Å². The highest BCUT2D eigenvalue weighted by atomic mass is 35.5. The minimum atomic E-state index is -0.454. The molecule has 2 rings (SSSR count). The van der Waals surface area contributed by atoms with Crippen LogP contribution in [0.15, 0.2) is 30.9 Å². The van der Waals surface area contributed by atoms with Crippen LogP contribution < -0.4 is 5.32 Å². The van der Waals surface area contributed by atoms with Crippen molar-refractivity contribution in [1.29, 1.82) is 0 Å². The molecular weight excluding hydrogens is 257 g/mol. The van der Waals surface area contributed by atoms with E-state index in [1.165, 1.54) is 0 Å². The van der Waals surface area contributed by atoms with E-state index in [1.54, 1.807) is 18.2 Å². The summed E-state index contributed by atoms with van der Waals surface area (Å²) >= 11 is 12.0. The lowest BCUT2D eigenvalue weighted by atomic mass is 9.95. The Kier molecular flexibility index (Phi) is 3.45. The zero-order chi connectivity index (χ0) is 12.5. The molecule has 0 saturated heterocycles. The van der Waals surface area contributed by atoms with Gasteiger partial charge in [-0.3, -0.25) is 4.79 Å². The highest BCUT2D eigenvalue weighted by Gasteiger charge is 2.52. The van der Waals surface area contributed by atoms with E-state index in [-0.39, 0.29) is 5.91 Å². The number of hydrogen-bond acceptors (Lipinski definition) is 1. The zero-order valence-corrected chi connectivity index (χ0v) is 10.8. The van der Waals surface area contributed by atoms with Crippen molar-refractivity contribution in [3.63, 3.8) is 0 Å². The summed E-state index contributed by atoms with van der Waals surface area (Å²) in [5.41, 5.74) is 0.412. The van der Waals surface area contributed by atoms with Crippen LogP contribution in [0, 0.1) is 0 Å². The number of hydrogen-bond donors (Lipinski definition) is 1. The summed E-state index contributed by atoms with van der Waals surface area (Å²) in [6.45, 7) is 4.06. The number of rotatable bonds is 4. The van der Waals surface area contributed by atoms with Gasteiger partial charge in [0.15, 0.2) is 0 Å². The molecule has 1 amide bonds. The maximum absolute atomic E-state index is 12.1. The van der Waals surface area contributed by atoms with Crippen LogP contribution in [0.3, 0.4) is 0 Å². The third-order valence-electron chi connectivity index (χ3n) is 3.04. The Bertz CT molecular complexity index is 466. The van der Waals surface area contributed by atoms with Gasteiger partial charge in [0, 0.05) is 16.6 Å². The maximum atomic E-state index is 12.1. The smallest absolute Gasteiger partial charge is 0.230 e. The van der Waals surface area contributed by atoms with Gasteiger partial charge in [-0.05, 0) is 30.5 Å². The Balaban J connectivity index is 2.26. The molecule has 0 aromatic heterocycles. The Hall–Kier alpha value is -0.990. The molecule has 0 bridgehead atoms. The third kappa shape index (κ3) is 2.33. The summed E-state index contributed by atoms with van der Waals surface area (Å²) in [6, 6.07) is 5.29. The van der Waals surface area contributed by atoms with Crippen LogP contribution in [0.5, 0.6) is 0 Å². The van der Waals surface area contributed by atoms with Gasteiger partial charge in [-0.25, -0.2) is 0 Å². The van der Waals surface area contributed by atoms with Crippen molar-refractivity contribution in [3.05, 3.63) is 46.5 Å². The molecule has 1 aromatic rings. The first-order valence-corrected chi connectivity index (χ1v) is 6.20. The number of halogens is 2. The molecule has 1 aromatic carbocycles. The van der Waals surface area contributed by atoms with Gasteiger partial charge in [0.2, 0.25) is 5.91 Å². The number of nitrogens with one attached hydrogen (secondary N) is 1. The van der Waals surface area contributed by atoms with Gasteiger partial charge >= 0.3 is 0 Å². The quantitative estimate of drug-likeness (QED) is 0.835. The van der Waals surface area contributed by atoms with E-state index < -0.39 is 5.41 Å². The van der Waals surface area contributed by atoms with Crippen LogP contribution in [0.2, 0.25) is 10.0 Å². The fraction of sp³-hybridized carbons (Fsp3) is 0.308. The van der Waals surface area contributed by atoms with E-state index in [0.29, 0.717) is 16.6 Å². The summed E-state index contributed by atoms with van der Waals surface area (Å²) in [7, 11) is 0. The molecule has 1 aliphatic carbocycles. The van der Waals surface area contributed by atoms with Crippen molar-refractivity contribution in [3.8, 4) is 0 Å². The molecular formula is C13H13Cl2NO. The van der Waals surface area contributed by atoms with Gasteiger partial charge in [0.1, 0.15) is 0 Å². The normalized spacial score (nSPS) is 16.4. The molecule has 90 valence electrons. The number of benzene rings is 1. The predicted molar refractivity (Wildman–Crippen MR) is 70.6 cm³/mol. The molecule has 0 atom stereocenters. The van der Waals surface area contributed by atoms with Crippen molar-refractivity contribution in [2.75, 3.05) is 6.54 Å². The summed E-state index contributed by atoms with van der Waals surface area (Å²) in [5, 5.41) is 3.97. The SMILES string of the molecule is C=CCNC(=O)C1(c2ccc(Cl)cc2Cl)CC1. The standard InChI is InChI=1S/C13H13Cl2NO/c1-2-7-16-12(17)13(5-6-13)10-4-3-9(14)8-11(10)15/h2-4,8H,1,5-7H2,(H,16,17). The van der Waals surface area contributed by atoms with Crippen molar-refractivity contribution < 1.29 is 4.79 Å². The fourth-order valence-corrected chi connectivity index (χ4v) is 2.54. The first-order chi connectivity index (χ1) is 8.10. The van der Waals surface area contributed by atoms with Gasteiger partial charge in [-0.1, -0.05) is 35.3 Å². The van der Waals surface area contributed by atoms with Crippen molar-refractivity contribution in [2.24, 2.45) is 0 Å². The molecule has 1 fully saturated rings. The van der Waals surface area contributed by atoms with Crippen LogP contribution in [-0.4, -0.2) is 12.5 Å². The molecule has 2 nitrogen and oxygen atoms in total. The van der Waals surface area contributed by atoms with Gasteiger partial charge in [-0.2, -0.15) is 0 Å². The second-order valence-electron chi connectivity index (χ2n) is 4.20. The lowest BCUT2D eigenvalue weighted by Gasteiger charge is -2.16. The van der Waals surface area contributed by atoms with Crippen LogP contribution in [0.25, 0.3) is 0 Å². The molecule has 0 unspecified atom stereocenters. The van der Waals surface area contributed by atoms with E-state index in [2.05, 4.69) is 11.9 Å². The third-order valence-corrected chi connectivity index (χ3v) is 3.59. The van der Waals surface area contributed by atoms with Crippen LogP contribution in [0.1, 0.15) is 18.4 Å². The summed E-state index contributed by atoms with van der Waals surface area (Å²) in [4.78, 5) is 12.1. The summed E-state index contributed by atoms with van der Waals surface area (Å²) in [6.07, 6.45) is 3.33. The first kappa shape index (κ1) is 12.5. The molecule has 0 radical (unpaired) electrons. The molecule has 0 heterocycles. The van der Waals surface area contributed by atoms with Gasteiger partial charge in [0.05, 0.1) is 5.41 Å².